The number of pyridine rings is 1. The lowest BCUT2D eigenvalue weighted by atomic mass is 9.87. The molecule has 27 heavy (non-hydrogen) atoms. The Morgan fingerprint density at radius 1 is 1.41 bits per heavy atom. The van der Waals surface area contributed by atoms with Crippen LogP contribution in [0.5, 0.6) is 0 Å². The van der Waals surface area contributed by atoms with Gasteiger partial charge < -0.3 is 21.4 Å². The highest BCUT2D eigenvalue weighted by atomic mass is 16.1. The Kier molecular flexibility index (Phi) is 4.21. The molecule has 0 spiro atoms. The van der Waals surface area contributed by atoms with Crippen LogP contribution >= 0.6 is 0 Å². The molecule has 0 unspecified atom stereocenters. The number of amides is 1. The van der Waals surface area contributed by atoms with Crippen LogP contribution < -0.4 is 16.4 Å². The van der Waals surface area contributed by atoms with E-state index in [0.29, 0.717) is 11.1 Å². The summed E-state index contributed by atoms with van der Waals surface area (Å²) in [6.07, 6.45) is 3.22. The third-order valence-corrected chi connectivity index (χ3v) is 4.93. The third-order valence-electron chi connectivity index (χ3n) is 4.93. The number of nitrogens with zero attached hydrogens (tertiary/aromatic N) is 2. The van der Waals surface area contributed by atoms with Gasteiger partial charge in [-0.05, 0) is 44.9 Å². The zero-order valence-electron chi connectivity index (χ0n) is 15.3. The van der Waals surface area contributed by atoms with Crippen LogP contribution in [0.2, 0.25) is 0 Å². The number of nitrogens with one attached hydrogen (secondary N) is 3. The Labute approximate surface area is 156 Å². The van der Waals surface area contributed by atoms with Crippen LogP contribution in [0.25, 0.3) is 21.9 Å². The summed E-state index contributed by atoms with van der Waals surface area (Å²) in [5, 5.41) is 16.5. The fourth-order valence-corrected chi connectivity index (χ4v) is 3.55. The molecule has 0 bridgehead atoms. The molecule has 0 radical (unpaired) electrons. The summed E-state index contributed by atoms with van der Waals surface area (Å²) < 4.78 is 0. The van der Waals surface area contributed by atoms with Crippen molar-refractivity contribution < 1.29 is 4.79 Å². The molecule has 1 aliphatic carbocycles. The molecular formula is C20H22N6O. The van der Waals surface area contributed by atoms with Crippen LogP contribution in [0.15, 0.2) is 24.4 Å². The lowest BCUT2D eigenvalue weighted by Gasteiger charge is -2.33. The van der Waals surface area contributed by atoms with Crippen LogP contribution in [-0.4, -0.2) is 34.0 Å². The molecule has 3 aromatic rings. The number of aromatic amines is 1. The van der Waals surface area contributed by atoms with Crippen LogP contribution in [0.1, 0.15) is 42.6 Å². The molecular weight excluding hydrogens is 340 g/mol. The number of anilines is 1. The molecule has 0 atom stereocenters. The van der Waals surface area contributed by atoms with E-state index in [2.05, 4.69) is 26.7 Å². The van der Waals surface area contributed by atoms with E-state index in [4.69, 9.17) is 11.0 Å². The summed E-state index contributed by atoms with van der Waals surface area (Å²) >= 11 is 0. The zero-order chi connectivity index (χ0) is 19.1. The molecule has 5 N–H and O–H groups in total. The van der Waals surface area contributed by atoms with E-state index in [1.165, 1.54) is 0 Å². The summed E-state index contributed by atoms with van der Waals surface area (Å²) in [5.74, 6) is -0.152. The zero-order valence-corrected chi connectivity index (χ0v) is 15.3. The second-order valence-corrected chi connectivity index (χ2v) is 7.47. The Morgan fingerprint density at radius 3 is 2.85 bits per heavy atom. The number of hydrogen-bond acceptors (Lipinski definition) is 5. The molecule has 4 rings (SSSR count). The molecule has 138 valence electrons. The first-order chi connectivity index (χ1) is 13.0. The highest BCUT2D eigenvalue weighted by Crippen LogP contribution is 2.32. The van der Waals surface area contributed by atoms with Crippen molar-refractivity contribution in [2.24, 2.45) is 5.73 Å². The minimum atomic E-state index is -0.152. The fraction of sp³-hybridized carbons (Fsp3) is 0.350. The normalized spacial score (nSPS) is 19.1. The summed E-state index contributed by atoms with van der Waals surface area (Å²) in [6, 6.07) is 8.03. The van der Waals surface area contributed by atoms with Crippen molar-refractivity contribution in [1.82, 2.24) is 15.3 Å². The maximum Gasteiger partial charge on any atom is 0.255 e. The van der Waals surface area contributed by atoms with Crippen molar-refractivity contribution in [3.05, 3.63) is 35.5 Å². The van der Waals surface area contributed by atoms with Gasteiger partial charge in [-0.2, -0.15) is 5.26 Å². The van der Waals surface area contributed by atoms with E-state index in [1.54, 1.807) is 18.3 Å². The van der Waals surface area contributed by atoms with Crippen LogP contribution in [0.3, 0.4) is 0 Å². The number of nitriles is 1. The van der Waals surface area contributed by atoms with Crippen molar-refractivity contribution in [2.45, 2.75) is 44.8 Å². The van der Waals surface area contributed by atoms with Crippen molar-refractivity contribution >= 4 is 33.5 Å². The molecule has 2 aromatic heterocycles. The second-order valence-electron chi connectivity index (χ2n) is 7.47. The van der Waals surface area contributed by atoms with Crippen molar-refractivity contribution in [1.29, 1.82) is 5.26 Å². The van der Waals surface area contributed by atoms with Crippen LogP contribution in [0, 0.1) is 11.3 Å². The van der Waals surface area contributed by atoms with Crippen LogP contribution in [-0.2, 0) is 0 Å². The average Bonchev–Trinajstić information content (AvgIpc) is 2.98. The van der Waals surface area contributed by atoms with Gasteiger partial charge in [0.1, 0.15) is 0 Å². The Hall–Kier alpha value is -3.11. The quantitative estimate of drug-likeness (QED) is 0.569. The Balaban J connectivity index is 1.82. The Bertz CT molecular complexity index is 1070. The van der Waals surface area contributed by atoms with Crippen molar-refractivity contribution in [2.75, 3.05) is 5.32 Å². The van der Waals surface area contributed by atoms with E-state index in [9.17, 15) is 4.79 Å². The topological polar surface area (TPSA) is 120 Å². The van der Waals surface area contributed by atoms with Gasteiger partial charge in [0.05, 0.1) is 33.9 Å². The first kappa shape index (κ1) is 17.3. The van der Waals surface area contributed by atoms with Gasteiger partial charge in [-0.1, -0.05) is 0 Å². The number of hydrogen-bond donors (Lipinski definition) is 4. The molecule has 0 aliphatic heterocycles. The van der Waals surface area contributed by atoms with Gasteiger partial charge in [0.15, 0.2) is 0 Å². The smallest absolute Gasteiger partial charge is 0.255 e. The monoisotopic (exact) mass is 362 g/mol. The fourth-order valence-electron chi connectivity index (χ4n) is 3.55. The first-order valence-corrected chi connectivity index (χ1v) is 9.13. The molecule has 1 amide bonds. The first-order valence-electron chi connectivity index (χ1n) is 9.13. The number of benzene rings is 1. The largest absolute Gasteiger partial charge is 0.380 e. The highest BCUT2D eigenvalue weighted by Gasteiger charge is 2.29. The van der Waals surface area contributed by atoms with E-state index < -0.39 is 0 Å². The van der Waals surface area contributed by atoms with E-state index >= 15 is 0 Å². The standard InChI is InChI=1S/C20H22N6O/c1-10(2)24-18-15(20(27)25-13-6-12(22)7-13)9-23-17-14-4-3-11(8-21)5-16(14)26-19(17)18/h3-5,9-10,12-13,26H,6-7,22H2,1-2H3,(H,23,24)(H,25,27). The summed E-state index contributed by atoms with van der Waals surface area (Å²) in [7, 11) is 0. The van der Waals surface area contributed by atoms with Gasteiger partial charge in [-0.15, -0.1) is 0 Å². The maximum atomic E-state index is 12.8. The SMILES string of the molecule is CC(C)Nc1c(C(=O)NC2CC(N)C2)cnc2c1[nH]c1cc(C#N)ccc12. The molecule has 0 saturated heterocycles. The number of carbonyl (C=O) groups excluding carboxylic acids is 1. The summed E-state index contributed by atoms with van der Waals surface area (Å²) in [4.78, 5) is 20.7. The predicted octanol–water partition coefficient (Wildman–Crippen LogP) is 2.63. The third kappa shape index (κ3) is 3.09. The number of H-pyrrole nitrogens is 1. The molecule has 7 heteroatoms. The van der Waals surface area contributed by atoms with Gasteiger partial charge in [-0.3, -0.25) is 9.78 Å². The number of aromatic nitrogens is 2. The number of nitrogens with two attached hydrogens (primary N) is 1. The molecule has 1 fully saturated rings. The second kappa shape index (κ2) is 6.56. The highest BCUT2D eigenvalue weighted by molar-refractivity contribution is 6.14. The summed E-state index contributed by atoms with van der Waals surface area (Å²) in [5.41, 5.74) is 10.00. The average molecular weight is 362 g/mol. The van der Waals surface area contributed by atoms with Crippen molar-refractivity contribution in [3.8, 4) is 6.07 Å². The lowest BCUT2D eigenvalue weighted by Crippen LogP contribution is -2.50. The van der Waals surface area contributed by atoms with Gasteiger partial charge in [-0.25, -0.2) is 0 Å². The van der Waals surface area contributed by atoms with Crippen molar-refractivity contribution in [3.63, 3.8) is 0 Å². The lowest BCUT2D eigenvalue weighted by molar-refractivity contribution is 0.0911. The van der Waals surface area contributed by atoms with E-state index in [1.807, 2.05) is 19.9 Å². The van der Waals surface area contributed by atoms with Gasteiger partial charge >= 0.3 is 0 Å². The number of rotatable bonds is 4. The van der Waals surface area contributed by atoms with Gasteiger partial charge in [0.2, 0.25) is 0 Å². The number of fused-ring (bicyclic) bond motifs is 3. The van der Waals surface area contributed by atoms with Gasteiger partial charge in [0, 0.05) is 35.2 Å². The van der Waals surface area contributed by atoms with E-state index in [-0.39, 0.29) is 24.0 Å². The molecule has 1 aromatic carbocycles. The van der Waals surface area contributed by atoms with Crippen LogP contribution in [0.4, 0.5) is 5.69 Å². The number of carbonyl (C=O) groups is 1. The minimum Gasteiger partial charge on any atom is -0.380 e. The molecule has 1 aliphatic rings. The summed E-state index contributed by atoms with van der Waals surface area (Å²) in [6.45, 7) is 4.05. The maximum absolute atomic E-state index is 12.8. The molecule has 7 nitrogen and oxygen atoms in total. The minimum absolute atomic E-state index is 0.121. The predicted molar refractivity (Wildman–Crippen MR) is 106 cm³/mol. The van der Waals surface area contributed by atoms with E-state index in [0.717, 1.165) is 40.5 Å². The molecule has 2 heterocycles. The van der Waals surface area contributed by atoms with Gasteiger partial charge in [0.25, 0.3) is 5.91 Å². The Morgan fingerprint density at radius 2 is 2.19 bits per heavy atom. The molecule has 1 saturated carbocycles.